The van der Waals surface area contributed by atoms with E-state index in [1.165, 1.54) is 0 Å². The van der Waals surface area contributed by atoms with Gasteiger partial charge in [-0.05, 0) is 37.6 Å². The predicted octanol–water partition coefficient (Wildman–Crippen LogP) is 3.91. The van der Waals surface area contributed by atoms with Crippen molar-refractivity contribution in [3.63, 3.8) is 0 Å². The van der Waals surface area contributed by atoms with Crippen LogP contribution in [-0.4, -0.2) is 0 Å². The summed E-state index contributed by atoms with van der Waals surface area (Å²) in [5.74, 6) is -1.40. The van der Waals surface area contributed by atoms with E-state index >= 15 is 0 Å². The number of rotatable bonds is 2. The third-order valence-corrected chi connectivity index (χ3v) is 2.71. The lowest BCUT2D eigenvalue weighted by Gasteiger charge is -2.12. The Morgan fingerprint density at radius 3 is 2.17 bits per heavy atom. The standard InChI is InChI=1S/C14H14F2N2/c1-8-3-4-13(9(2)5-8)18-14-11(15)6-10(17)7-12(14)16/h3-7,18H,17H2,1-2H3. The van der Waals surface area contributed by atoms with Gasteiger partial charge in [-0.25, -0.2) is 8.78 Å². The number of hydrogen-bond donors (Lipinski definition) is 2. The van der Waals surface area contributed by atoms with Crippen molar-refractivity contribution >= 4 is 17.1 Å². The van der Waals surface area contributed by atoms with E-state index in [9.17, 15) is 8.78 Å². The van der Waals surface area contributed by atoms with Crippen LogP contribution in [0.25, 0.3) is 0 Å². The van der Waals surface area contributed by atoms with Gasteiger partial charge in [-0.3, -0.25) is 0 Å². The Morgan fingerprint density at radius 1 is 1.00 bits per heavy atom. The molecule has 2 rings (SSSR count). The third-order valence-electron chi connectivity index (χ3n) is 2.71. The lowest BCUT2D eigenvalue weighted by Crippen LogP contribution is -2.01. The van der Waals surface area contributed by atoms with Crippen LogP contribution >= 0.6 is 0 Å². The van der Waals surface area contributed by atoms with E-state index in [0.717, 1.165) is 23.3 Å². The van der Waals surface area contributed by atoms with Crippen LogP contribution < -0.4 is 11.1 Å². The maximum absolute atomic E-state index is 13.6. The average Bonchev–Trinajstić information content (AvgIpc) is 2.25. The van der Waals surface area contributed by atoms with Crippen LogP contribution in [0.3, 0.4) is 0 Å². The highest BCUT2D eigenvalue weighted by Crippen LogP contribution is 2.27. The van der Waals surface area contributed by atoms with Crippen molar-refractivity contribution in [3.8, 4) is 0 Å². The number of nitrogen functional groups attached to an aromatic ring is 1. The topological polar surface area (TPSA) is 38.0 Å². The molecule has 0 spiro atoms. The minimum Gasteiger partial charge on any atom is -0.399 e. The van der Waals surface area contributed by atoms with Crippen molar-refractivity contribution in [2.45, 2.75) is 13.8 Å². The molecule has 4 heteroatoms. The van der Waals surface area contributed by atoms with Crippen LogP contribution in [0.1, 0.15) is 11.1 Å². The zero-order chi connectivity index (χ0) is 13.3. The van der Waals surface area contributed by atoms with Gasteiger partial charge in [0, 0.05) is 11.4 Å². The van der Waals surface area contributed by atoms with Crippen molar-refractivity contribution in [1.82, 2.24) is 0 Å². The van der Waals surface area contributed by atoms with Crippen molar-refractivity contribution < 1.29 is 8.78 Å². The summed E-state index contributed by atoms with van der Waals surface area (Å²) in [6, 6.07) is 7.79. The fourth-order valence-corrected chi connectivity index (χ4v) is 1.80. The number of anilines is 3. The Morgan fingerprint density at radius 2 is 1.61 bits per heavy atom. The summed E-state index contributed by atoms with van der Waals surface area (Å²) in [5.41, 5.74) is 7.93. The molecule has 3 N–H and O–H groups in total. The monoisotopic (exact) mass is 248 g/mol. The molecule has 0 saturated heterocycles. The summed E-state index contributed by atoms with van der Waals surface area (Å²) < 4.78 is 27.3. The third kappa shape index (κ3) is 2.42. The van der Waals surface area contributed by atoms with Crippen molar-refractivity contribution in [2.24, 2.45) is 0 Å². The van der Waals surface area contributed by atoms with Gasteiger partial charge in [-0.2, -0.15) is 0 Å². The first-order valence-corrected chi connectivity index (χ1v) is 5.56. The van der Waals surface area contributed by atoms with E-state index < -0.39 is 11.6 Å². The van der Waals surface area contributed by atoms with Crippen LogP contribution in [0.2, 0.25) is 0 Å². The molecule has 0 aliphatic rings. The average molecular weight is 248 g/mol. The van der Waals surface area contributed by atoms with Gasteiger partial charge < -0.3 is 11.1 Å². The Hall–Kier alpha value is -2.10. The molecular formula is C14H14F2N2. The van der Waals surface area contributed by atoms with Crippen LogP contribution in [0.15, 0.2) is 30.3 Å². The maximum atomic E-state index is 13.6. The first-order valence-electron chi connectivity index (χ1n) is 5.56. The van der Waals surface area contributed by atoms with E-state index in [0.29, 0.717) is 5.69 Å². The number of nitrogens with one attached hydrogen (secondary N) is 1. The van der Waals surface area contributed by atoms with Crippen molar-refractivity contribution in [2.75, 3.05) is 11.1 Å². The van der Waals surface area contributed by atoms with Gasteiger partial charge in [0.1, 0.15) is 5.69 Å². The first-order chi connectivity index (χ1) is 8.47. The fraction of sp³-hybridized carbons (Fsp3) is 0.143. The maximum Gasteiger partial charge on any atom is 0.151 e. The molecule has 0 fully saturated rings. The van der Waals surface area contributed by atoms with Crippen LogP contribution in [0, 0.1) is 25.5 Å². The number of benzene rings is 2. The minimum absolute atomic E-state index is 0.0659. The molecule has 0 atom stereocenters. The van der Waals surface area contributed by atoms with E-state index in [1.54, 1.807) is 6.07 Å². The van der Waals surface area contributed by atoms with Crippen molar-refractivity contribution in [1.29, 1.82) is 0 Å². The minimum atomic E-state index is -0.701. The molecule has 0 aliphatic carbocycles. The van der Waals surface area contributed by atoms with Gasteiger partial charge in [0.25, 0.3) is 0 Å². The second-order valence-electron chi connectivity index (χ2n) is 4.30. The van der Waals surface area contributed by atoms with Gasteiger partial charge in [0.2, 0.25) is 0 Å². The molecule has 0 bridgehead atoms. The molecule has 2 aromatic rings. The summed E-state index contributed by atoms with van der Waals surface area (Å²) in [4.78, 5) is 0. The fourth-order valence-electron chi connectivity index (χ4n) is 1.80. The summed E-state index contributed by atoms with van der Waals surface area (Å²) in [5, 5.41) is 2.76. The number of hydrogen-bond acceptors (Lipinski definition) is 2. The molecule has 0 unspecified atom stereocenters. The largest absolute Gasteiger partial charge is 0.399 e. The highest BCUT2D eigenvalue weighted by molar-refractivity contribution is 5.66. The highest BCUT2D eigenvalue weighted by Gasteiger charge is 2.11. The summed E-state index contributed by atoms with van der Waals surface area (Å²) in [7, 11) is 0. The van der Waals surface area contributed by atoms with Gasteiger partial charge >= 0.3 is 0 Å². The summed E-state index contributed by atoms with van der Waals surface area (Å²) >= 11 is 0. The number of halogens is 2. The molecule has 2 nitrogen and oxygen atoms in total. The van der Waals surface area contributed by atoms with Gasteiger partial charge in [-0.1, -0.05) is 17.7 Å². The summed E-state index contributed by atoms with van der Waals surface area (Å²) in [6.07, 6.45) is 0. The lowest BCUT2D eigenvalue weighted by molar-refractivity contribution is 0.592. The molecule has 0 radical (unpaired) electrons. The lowest BCUT2D eigenvalue weighted by atomic mass is 10.1. The Labute approximate surface area is 104 Å². The smallest absolute Gasteiger partial charge is 0.151 e. The number of aryl methyl sites for hydroxylation is 2. The van der Waals surface area contributed by atoms with Crippen LogP contribution in [0.4, 0.5) is 25.8 Å². The molecular weight excluding hydrogens is 234 g/mol. The molecule has 2 aromatic carbocycles. The Bertz CT molecular complexity index is 571. The first kappa shape index (κ1) is 12.4. The zero-order valence-electron chi connectivity index (χ0n) is 10.2. The SMILES string of the molecule is Cc1ccc(Nc2c(F)cc(N)cc2F)c(C)c1. The van der Waals surface area contributed by atoms with Gasteiger partial charge in [0.15, 0.2) is 11.6 Å². The van der Waals surface area contributed by atoms with E-state index in [4.69, 9.17) is 5.73 Å². The van der Waals surface area contributed by atoms with Gasteiger partial charge in [0.05, 0.1) is 0 Å². The van der Waals surface area contributed by atoms with E-state index in [2.05, 4.69) is 5.32 Å². The normalized spacial score (nSPS) is 10.4. The molecule has 18 heavy (non-hydrogen) atoms. The van der Waals surface area contributed by atoms with Crippen molar-refractivity contribution in [3.05, 3.63) is 53.1 Å². The summed E-state index contributed by atoms with van der Waals surface area (Å²) in [6.45, 7) is 3.84. The number of nitrogens with two attached hydrogens (primary N) is 1. The Balaban J connectivity index is 2.40. The molecule has 0 amide bonds. The molecule has 0 heterocycles. The Kier molecular flexibility index (Phi) is 3.19. The second-order valence-corrected chi connectivity index (χ2v) is 4.30. The predicted molar refractivity (Wildman–Crippen MR) is 70.0 cm³/mol. The van der Waals surface area contributed by atoms with Crippen LogP contribution in [-0.2, 0) is 0 Å². The van der Waals surface area contributed by atoms with E-state index in [1.807, 2.05) is 26.0 Å². The molecule has 94 valence electrons. The molecule has 0 aliphatic heterocycles. The van der Waals surface area contributed by atoms with E-state index in [-0.39, 0.29) is 11.4 Å². The zero-order valence-corrected chi connectivity index (χ0v) is 10.2. The molecule has 0 saturated carbocycles. The highest BCUT2D eigenvalue weighted by atomic mass is 19.1. The van der Waals surface area contributed by atoms with Gasteiger partial charge in [-0.15, -0.1) is 0 Å². The second kappa shape index (κ2) is 4.64. The quantitative estimate of drug-likeness (QED) is 0.791. The molecule has 0 aromatic heterocycles. The van der Waals surface area contributed by atoms with Crippen LogP contribution in [0.5, 0.6) is 0 Å².